The van der Waals surface area contributed by atoms with Crippen molar-refractivity contribution in [3.05, 3.63) is 47.7 Å². The number of nitrogens with zero attached hydrogens (tertiary/aromatic N) is 1. The number of amides is 3. The number of rotatable bonds is 9. The second-order valence-electron chi connectivity index (χ2n) is 6.51. The van der Waals surface area contributed by atoms with E-state index in [0.29, 0.717) is 42.9 Å². The Morgan fingerprint density at radius 1 is 1.07 bits per heavy atom. The van der Waals surface area contributed by atoms with Gasteiger partial charge in [0.2, 0.25) is 11.8 Å². The van der Waals surface area contributed by atoms with Gasteiger partial charge in [-0.15, -0.1) is 0 Å². The van der Waals surface area contributed by atoms with Crippen LogP contribution in [0.25, 0.3) is 0 Å². The lowest BCUT2D eigenvalue weighted by atomic mass is 10.2. The first kappa shape index (κ1) is 22.1. The second kappa shape index (κ2) is 10.4. The third-order valence-corrected chi connectivity index (χ3v) is 4.51. The van der Waals surface area contributed by atoms with Crippen molar-refractivity contribution in [3.8, 4) is 0 Å². The minimum Gasteiger partial charge on any atom is -0.469 e. The van der Waals surface area contributed by atoms with Gasteiger partial charge in [-0.25, -0.2) is 4.39 Å². The summed E-state index contributed by atoms with van der Waals surface area (Å²) in [5, 5.41) is 5.13. The molecule has 29 heavy (non-hydrogen) atoms. The minimum atomic E-state index is -0.623. The van der Waals surface area contributed by atoms with Crippen LogP contribution < -0.4 is 10.6 Å². The molecule has 0 aliphatic carbocycles. The predicted molar refractivity (Wildman–Crippen MR) is 108 cm³/mol. The number of carbonyl (C=O) groups excluding carboxylic acids is 3. The van der Waals surface area contributed by atoms with Gasteiger partial charge >= 0.3 is 0 Å². The summed E-state index contributed by atoms with van der Waals surface area (Å²) in [5.41, 5.74) is 0.604. The minimum absolute atomic E-state index is 0.0177. The molecule has 0 atom stereocenters. The third kappa shape index (κ3) is 6.17. The molecule has 7 nitrogen and oxygen atoms in total. The molecule has 2 N–H and O–H groups in total. The van der Waals surface area contributed by atoms with Crippen molar-refractivity contribution < 1.29 is 23.2 Å². The van der Waals surface area contributed by atoms with E-state index in [2.05, 4.69) is 10.6 Å². The zero-order chi connectivity index (χ0) is 21.4. The van der Waals surface area contributed by atoms with Crippen molar-refractivity contribution >= 4 is 29.1 Å². The molecule has 0 fully saturated rings. The molecule has 0 saturated heterocycles. The summed E-state index contributed by atoms with van der Waals surface area (Å²) < 4.78 is 19.1. The van der Waals surface area contributed by atoms with Crippen LogP contribution in [-0.2, 0) is 9.59 Å². The fourth-order valence-corrected chi connectivity index (χ4v) is 2.87. The molecular weight excluding hydrogens is 377 g/mol. The van der Waals surface area contributed by atoms with E-state index < -0.39 is 11.7 Å². The van der Waals surface area contributed by atoms with Crippen LogP contribution >= 0.6 is 0 Å². The Morgan fingerprint density at radius 2 is 1.79 bits per heavy atom. The maximum atomic E-state index is 14.1. The number of hydrogen-bond acceptors (Lipinski definition) is 4. The van der Waals surface area contributed by atoms with E-state index >= 15 is 0 Å². The third-order valence-electron chi connectivity index (χ3n) is 4.51. The molecule has 0 saturated carbocycles. The smallest absolute Gasteiger partial charge is 0.259 e. The zero-order valence-electron chi connectivity index (χ0n) is 16.9. The molecule has 0 spiro atoms. The number of nitrogens with one attached hydrogen (secondary N) is 2. The normalized spacial score (nSPS) is 10.5. The van der Waals surface area contributed by atoms with Gasteiger partial charge in [0.15, 0.2) is 0 Å². The number of benzene rings is 1. The SMILES string of the molecule is CCN(CC)C(=O)CCCC(=O)Nc1ccc(F)c(NC(=O)c2ccoc2C)c1. The largest absolute Gasteiger partial charge is 0.469 e. The van der Waals surface area contributed by atoms with Gasteiger partial charge in [0.25, 0.3) is 5.91 Å². The van der Waals surface area contributed by atoms with Crippen LogP contribution in [0.4, 0.5) is 15.8 Å². The second-order valence-corrected chi connectivity index (χ2v) is 6.51. The first-order valence-electron chi connectivity index (χ1n) is 9.58. The Labute approximate surface area is 169 Å². The van der Waals surface area contributed by atoms with E-state index in [1.54, 1.807) is 11.8 Å². The molecule has 2 rings (SSSR count). The molecule has 1 aromatic heterocycles. The highest BCUT2D eigenvalue weighted by Crippen LogP contribution is 2.21. The lowest BCUT2D eigenvalue weighted by Gasteiger charge is -2.18. The standard InChI is InChI=1S/C21H26FN3O4/c1-4-25(5-2)20(27)8-6-7-19(26)23-15-9-10-17(22)18(13-15)24-21(28)16-11-12-29-14(16)3/h9-13H,4-8H2,1-3H3,(H,23,26)(H,24,28). The molecule has 0 aliphatic heterocycles. The Morgan fingerprint density at radius 3 is 2.41 bits per heavy atom. The summed E-state index contributed by atoms with van der Waals surface area (Å²) >= 11 is 0. The van der Waals surface area contributed by atoms with Crippen LogP contribution in [0.15, 0.2) is 34.9 Å². The number of aryl methyl sites for hydroxylation is 1. The first-order chi connectivity index (χ1) is 13.8. The number of carbonyl (C=O) groups is 3. The monoisotopic (exact) mass is 403 g/mol. The van der Waals surface area contributed by atoms with Gasteiger partial charge in [0.05, 0.1) is 17.5 Å². The molecule has 0 unspecified atom stereocenters. The van der Waals surface area contributed by atoms with Crippen molar-refractivity contribution in [2.24, 2.45) is 0 Å². The van der Waals surface area contributed by atoms with Gasteiger partial charge in [-0.2, -0.15) is 0 Å². The van der Waals surface area contributed by atoms with E-state index in [4.69, 9.17) is 4.42 Å². The van der Waals surface area contributed by atoms with Crippen LogP contribution in [0.1, 0.15) is 49.2 Å². The highest BCUT2D eigenvalue weighted by molar-refractivity contribution is 6.05. The number of hydrogen-bond donors (Lipinski definition) is 2. The fourth-order valence-electron chi connectivity index (χ4n) is 2.87. The molecule has 156 valence electrons. The lowest BCUT2D eigenvalue weighted by Crippen LogP contribution is -2.30. The molecule has 0 radical (unpaired) electrons. The molecule has 1 aromatic carbocycles. The molecule has 0 bridgehead atoms. The predicted octanol–water partition coefficient (Wildman–Crippen LogP) is 3.96. The molecular formula is C21H26FN3O4. The summed E-state index contributed by atoms with van der Waals surface area (Å²) in [4.78, 5) is 38.0. The van der Waals surface area contributed by atoms with Gasteiger partial charge in [0.1, 0.15) is 11.6 Å². The quantitative estimate of drug-likeness (QED) is 0.663. The summed E-state index contributed by atoms with van der Waals surface area (Å²) in [5.74, 6) is -0.974. The summed E-state index contributed by atoms with van der Waals surface area (Å²) in [6.45, 7) is 6.74. The van der Waals surface area contributed by atoms with Gasteiger partial charge in [-0.3, -0.25) is 14.4 Å². The van der Waals surface area contributed by atoms with Crippen molar-refractivity contribution in [2.75, 3.05) is 23.7 Å². The van der Waals surface area contributed by atoms with E-state index in [9.17, 15) is 18.8 Å². The molecule has 3 amide bonds. The van der Waals surface area contributed by atoms with E-state index in [1.165, 1.54) is 24.5 Å². The van der Waals surface area contributed by atoms with E-state index in [1.807, 2.05) is 13.8 Å². The van der Waals surface area contributed by atoms with Gasteiger partial charge < -0.3 is 20.0 Å². The van der Waals surface area contributed by atoms with Crippen LogP contribution in [0.5, 0.6) is 0 Å². The van der Waals surface area contributed by atoms with Gasteiger partial charge in [0, 0.05) is 31.6 Å². The Balaban J connectivity index is 1.92. The van der Waals surface area contributed by atoms with Crippen molar-refractivity contribution in [2.45, 2.75) is 40.0 Å². The fraction of sp³-hybridized carbons (Fsp3) is 0.381. The van der Waals surface area contributed by atoms with Gasteiger partial charge in [-0.1, -0.05) is 0 Å². The Kier molecular flexibility index (Phi) is 7.94. The average Bonchev–Trinajstić information content (AvgIpc) is 3.11. The number of anilines is 2. The van der Waals surface area contributed by atoms with E-state index in [-0.39, 0.29) is 23.9 Å². The van der Waals surface area contributed by atoms with E-state index in [0.717, 1.165) is 6.07 Å². The maximum Gasteiger partial charge on any atom is 0.259 e. The molecule has 8 heteroatoms. The molecule has 0 aliphatic rings. The van der Waals surface area contributed by atoms with Crippen LogP contribution in [0.2, 0.25) is 0 Å². The Hall–Kier alpha value is -3.16. The highest BCUT2D eigenvalue weighted by atomic mass is 19.1. The van der Waals surface area contributed by atoms with Crippen molar-refractivity contribution in [1.82, 2.24) is 4.90 Å². The number of furan rings is 1. The zero-order valence-corrected chi connectivity index (χ0v) is 16.9. The lowest BCUT2D eigenvalue weighted by molar-refractivity contribution is -0.131. The first-order valence-corrected chi connectivity index (χ1v) is 9.58. The molecule has 1 heterocycles. The maximum absolute atomic E-state index is 14.1. The van der Waals surface area contributed by atoms with Crippen molar-refractivity contribution in [1.29, 1.82) is 0 Å². The highest BCUT2D eigenvalue weighted by Gasteiger charge is 2.15. The number of halogens is 1. The van der Waals surface area contributed by atoms with Crippen LogP contribution in [-0.4, -0.2) is 35.7 Å². The van der Waals surface area contributed by atoms with Gasteiger partial charge in [-0.05, 0) is 51.5 Å². The van der Waals surface area contributed by atoms with Crippen LogP contribution in [0.3, 0.4) is 0 Å². The van der Waals surface area contributed by atoms with Crippen LogP contribution in [0, 0.1) is 12.7 Å². The average molecular weight is 403 g/mol. The molecule has 2 aromatic rings. The summed E-state index contributed by atoms with van der Waals surface area (Å²) in [6, 6.07) is 5.42. The topological polar surface area (TPSA) is 91.7 Å². The summed E-state index contributed by atoms with van der Waals surface area (Å²) in [6.07, 6.45) is 2.26. The summed E-state index contributed by atoms with van der Waals surface area (Å²) in [7, 11) is 0. The van der Waals surface area contributed by atoms with Crippen molar-refractivity contribution in [3.63, 3.8) is 0 Å². The Bertz CT molecular complexity index is 875.